The van der Waals surface area contributed by atoms with E-state index in [9.17, 15) is 0 Å². The Kier molecular flexibility index (Phi) is 9.35. The molecule has 0 aliphatic heterocycles. The first-order valence-corrected chi connectivity index (χ1v) is 5.72. The van der Waals surface area contributed by atoms with Crippen molar-refractivity contribution in [3.8, 4) is 0 Å². The molecule has 0 fully saturated rings. The van der Waals surface area contributed by atoms with E-state index in [-0.39, 0.29) is 0 Å². The monoisotopic (exact) mass is 201 g/mol. The molecule has 0 aliphatic carbocycles. The Bertz CT molecular complexity index is 115. The van der Waals surface area contributed by atoms with E-state index in [0.717, 1.165) is 6.54 Å². The molecule has 0 rings (SSSR count). The Morgan fingerprint density at radius 1 is 1.00 bits per heavy atom. The van der Waals surface area contributed by atoms with Gasteiger partial charge in [-0.1, -0.05) is 6.92 Å². The molecule has 0 aromatic heterocycles. The summed E-state index contributed by atoms with van der Waals surface area (Å²) < 4.78 is 0. The van der Waals surface area contributed by atoms with E-state index in [1.165, 1.54) is 39.0 Å². The predicted molar refractivity (Wildman–Crippen MR) is 63.8 cm³/mol. The van der Waals surface area contributed by atoms with Crippen molar-refractivity contribution in [3.05, 3.63) is 0 Å². The van der Waals surface area contributed by atoms with Gasteiger partial charge in [0.25, 0.3) is 0 Å². The van der Waals surface area contributed by atoms with Crippen LogP contribution in [0.15, 0.2) is 0 Å². The third kappa shape index (κ3) is 8.48. The van der Waals surface area contributed by atoms with Gasteiger partial charge in [0.2, 0.25) is 0 Å². The van der Waals surface area contributed by atoms with E-state index in [0.29, 0.717) is 0 Å². The summed E-state index contributed by atoms with van der Waals surface area (Å²) in [6.07, 6.45) is 2.53. The molecule has 1 N–H and O–H groups in total. The van der Waals surface area contributed by atoms with Gasteiger partial charge in [-0.15, -0.1) is 0 Å². The zero-order valence-electron chi connectivity index (χ0n) is 10.3. The van der Waals surface area contributed by atoms with Gasteiger partial charge in [0.1, 0.15) is 0 Å². The molecule has 14 heavy (non-hydrogen) atoms. The van der Waals surface area contributed by atoms with Crippen LogP contribution in [0.2, 0.25) is 0 Å². The maximum Gasteiger partial charge on any atom is -0.000666 e. The summed E-state index contributed by atoms with van der Waals surface area (Å²) >= 11 is 0. The maximum absolute atomic E-state index is 3.19. The third-order valence-corrected chi connectivity index (χ3v) is 2.43. The lowest BCUT2D eigenvalue weighted by Gasteiger charge is -2.21. The van der Waals surface area contributed by atoms with Crippen LogP contribution in [0.3, 0.4) is 0 Å². The van der Waals surface area contributed by atoms with Gasteiger partial charge in [0, 0.05) is 0 Å². The quantitative estimate of drug-likeness (QED) is 0.559. The highest BCUT2D eigenvalue weighted by Gasteiger charge is 2.01. The largest absolute Gasteiger partial charge is 0.320 e. The fourth-order valence-corrected chi connectivity index (χ4v) is 1.52. The molecule has 0 bridgehead atoms. The van der Waals surface area contributed by atoms with Crippen LogP contribution in [0, 0.1) is 0 Å². The summed E-state index contributed by atoms with van der Waals surface area (Å²) in [6.45, 7) is 8.21. The molecule has 0 aromatic carbocycles. The fraction of sp³-hybridized carbons (Fsp3) is 1.00. The SMILES string of the molecule is CCN(CCCNC)CCCN(C)C. The summed E-state index contributed by atoms with van der Waals surface area (Å²) in [5.41, 5.74) is 0. The molecular formula is C11H27N3. The molecule has 0 radical (unpaired) electrons. The Morgan fingerprint density at radius 2 is 1.64 bits per heavy atom. The van der Waals surface area contributed by atoms with Crippen LogP contribution in [0.5, 0.6) is 0 Å². The van der Waals surface area contributed by atoms with Gasteiger partial charge in [-0.05, 0) is 66.7 Å². The summed E-state index contributed by atoms with van der Waals surface area (Å²) in [5.74, 6) is 0. The Morgan fingerprint density at radius 3 is 2.14 bits per heavy atom. The molecule has 0 atom stereocenters. The second kappa shape index (κ2) is 9.44. The standard InChI is InChI=1S/C11H27N3/c1-5-14(10-6-8-12-2)11-7-9-13(3)4/h12H,5-11H2,1-4H3. The summed E-state index contributed by atoms with van der Waals surface area (Å²) in [7, 11) is 6.29. The zero-order valence-corrected chi connectivity index (χ0v) is 10.3. The van der Waals surface area contributed by atoms with Gasteiger partial charge in [-0.3, -0.25) is 0 Å². The van der Waals surface area contributed by atoms with Crippen LogP contribution >= 0.6 is 0 Å². The van der Waals surface area contributed by atoms with Gasteiger partial charge in [-0.2, -0.15) is 0 Å². The minimum Gasteiger partial charge on any atom is -0.320 e. The molecule has 0 aromatic rings. The van der Waals surface area contributed by atoms with Crippen molar-refractivity contribution in [3.63, 3.8) is 0 Å². The Balaban J connectivity index is 3.38. The van der Waals surface area contributed by atoms with E-state index < -0.39 is 0 Å². The molecule has 0 saturated carbocycles. The average molecular weight is 201 g/mol. The molecule has 86 valence electrons. The molecule has 0 aliphatic rings. The van der Waals surface area contributed by atoms with Crippen LogP contribution in [-0.2, 0) is 0 Å². The first-order chi connectivity index (χ1) is 6.70. The van der Waals surface area contributed by atoms with Crippen LogP contribution < -0.4 is 5.32 Å². The predicted octanol–water partition coefficient (Wildman–Crippen LogP) is 0.870. The van der Waals surface area contributed by atoms with Crippen LogP contribution in [0.25, 0.3) is 0 Å². The van der Waals surface area contributed by atoms with Crippen molar-refractivity contribution in [1.29, 1.82) is 0 Å². The smallest absolute Gasteiger partial charge is 0.000666 e. The molecule has 0 saturated heterocycles. The Labute approximate surface area is 89.5 Å². The fourth-order valence-electron chi connectivity index (χ4n) is 1.52. The first-order valence-electron chi connectivity index (χ1n) is 5.72. The van der Waals surface area contributed by atoms with E-state index in [4.69, 9.17) is 0 Å². The molecule has 0 heterocycles. The highest BCUT2D eigenvalue weighted by Crippen LogP contribution is 1.94. The molecule has 3 nitrogen and oxygen atoms in total. The lowest BCUT2D eigenvalue weighted by molar-refractivity contribution is 0.263. The number of nitrogens with zero attached hydrogens (tertiary/aromatic N) is 2. The van der Waals surface area contributed by atoms with Gasteiger partial charge in [0.15, 0.2) is 0 Å². The van der Waals surface area contributed by atoms with Crippen LogP contribution in [0.4, 0.5) is 0 Å². The zero-order chi connectivity index (χ0) is 10.8. The first kappa shape index (κ1) is 13.9. The summed E-state index contributed by atoms with van der Waals surface area (Å²) in [5, 5.41) is 3.19. The average Bonchev–Trinajstić information content (AvgIpc) is 2.15. The minimum absolute atomic E-state index is 1.13. The molecule has 0 spiro atoms. The normalized spacial score (nSPS) is 11.6. The van der Waals surface area contributed by atoms with E-state index in [2.05, 4.69) is 36.1 Å². The van der Waals surface area contributed by atoms with E-state index in [1.807, 2.05) is 7.05 Å². The van der Waals surface area contributed by atoms with Crippen LogP contribution in [-0.4, -0.2) is 63.7 Å². The molecule has 0 unspecified atom stereocenters. The lowest BCUT2D eigenvalue weighted by Crippen LogP contribution is -2.29. The number of nitrogens with one attached hydrogen (secondary N) is 1. The highest BCUT2D eigenvalue weighted by atomic mass is 15.1. The summed E-state index contributed by atoms with van der Waals surface area (Å²) in [4.78, 5) is 4.78. The van der Waals surface area contributed by atoms with Crippen LogP contribution in [0.1, 0.15) is 19.8 Å². The highest BCUT2D eigenvalue weighted by molar-refractivity contribution is 4.57. The second-order valence-corrected chi connectivity index (χ2v) is 4.05. The lowest BCUT2D eigenvalue weighted by atomic mass is 10.3. The van der Waals surface area contributed by atoms with Crippen molar-refractivity contribution >= 4 is 0 Å². The van der Waals surface area contributed by atoms with Crippen molar-refractivity contribution in [2.24, 2.45) is 0 Å². The number of rotatable bonds is 9. The number of hydrogen-bond donors (Lipinski definition) is 1. The van der Waals surface area contributed by atoms with Crippen molar-refractivity contribution < 1.29 is 0 Å². The van der Waals surface area contributed by atoms with Crippen molar-refractivity contribution in [2.75, 3.05) is 53.9 Å². The van der Waals surface area contributed by atoms with Crippen molar-refractivity contribution in [2.45, 2.75) is 19.8 Å². The third-order valence-electron chi connectivity index (χ3n) is 2.43. The molecule has 0 amide bonds. The van der Waals surface area contributed by atoms with Crippen molar-refractivity contribution in [1.82, 2.24) is 15.1 Å². The summed E-state index contributed by atoms with van der Waals surface area (Å²) in [6, 6.07) is 0. The second-order valence-electron chi connectivity index (χ2n) is 4.05. The maximum atomic E-state index is 3.19. The molecular weight excluding hydrogens is 174 g/mol. The Hall–Kier alpha value is -0.120. The minimum atomic E-state index is 1.13. The molecule has 3 heteroatoms. The number of hydrogen-bond acceptors (Lipinski definition) is 3. The van der Waals surface area contributed by atoms with Gasteiger partial charge in [-0.25, -0.2) is 0 Å². The van der Waals surface area contributed by atoms with Gasteiger partial charge < -0.3 is 15.1 Å². The van der Waals surface area contributed by atoms with E-state index in [1.54, 1.807) is 0 Å². The van der Waals surface area contributed by atoms with Gasteiger partial charge in [0.05, 0.1) is 0 Å². The topological polar surface area (TPSA) is 18.5 Å². The van der Waals surface area contributed by atoms with E-state index >= 15 is 0 Å². The van der Waals surface area contributed by atoms with Gasteiger partial charge >= 0.3 is 0 Å².